The summed E-state index contributed by atoms with van der Waals surface area (Å²) in [5, 5.41) is 17.7. The van der Waals surface area contributed by atoms with Crippen molar-refractivity contribution in [2.45, 2.75) is 39.2 Å². The normalized spacial score (nSPS) is 15.6. The molecule has 4 rings (SSSR count). The van der Waals surface area contributed by atoms with Crippen molar-refractivity contribution < 1.29 is 14.6 Å². The van der Waals surface area contributed by atoms with Crippen LogP contribution in [0.5, 0.6) is 5.75 Å². The topological polar surface area (TPSA) is 76.4 Å². The highest BCUT2D eigenvalue weighted by Crippen LogP contribution is 2.35. The molecule has 3 aromatic rings. The van der Waals surface area contributed by atoms with Gasteiger partial charge in [-0.25, -0.2) is 4.68 Å². The van der Waals surface area contributed by atoms with E-state index in [1.54, 1.807) is 0 Å². The predicted molar refractivity (Wildman–Crippen MR) is 112 cm³/mol. The number of aryl methyl sites for hydroxylation is 1. The molecule has 1 heterocycles. The summed E-state index contributed by atoms with van der Waals surface area (Å²) in [6, 6.07) is 15.5. The quantitative estimate of drug-likeness (QED) is 0.692. The van der Waals surface area contributed by atoms with Crippen LogP contribution in [0.1, 0.15) is 41.5 Å². The zero-order valence-electron chi connectivity index (χ0n) is 16.7. The number of fused-ring (bicyclic) bond motifs is 1. The van der Waals surface area contributed by atoms with E-state index in [2.05, 4.69) is 10.4 Å². The predicted octanol–water partition coefficient (Wildman–Crippen LogP) is 3.88. The van der Waals surface area contributed by atoms with Gasteiger partial charge in [0, 0.05) is 0 Å². The molecule has 1 aliphatic carbocycles. The number of hydrogen-bond donors (Lipinski definition) is 2. The molecular weight excluding hydrogens is 366 g/mol. The Labute approximate surface area is 170 Å². The van der Waals surface area contributed by atoms with Crippen LogP contribution in [0.25, 0.3) is 5.69 Å². The first-order valence-corrected chi connectivity index (χ1v) is 9.88. The van der Waals surface area contributed by atoms with Gasteiger partial charge < -0.3 is 15.2 Å². The van der Waals surface area contributed by atoms with Crippen LogP contribution in [0, 0.1) is 13.8 Å². The first-order valence-electron chi connectivity index (χ1n) is 9.88. The first-order chi connectivity index (χ1) is 14.0. The summed E-state index contributed by atoms with van der Waals surface area (Å²) < 4.78 is 7.63. The van der Waals surface area contributed by atoms with Crippen molar-refractivity contribution >= 4 is 11.6 Å². The van der Waals surface area contributed by atoms with Crippen molar-refractivity contribution in [3.05, 3.63) is 71.0 Å². The molecule has 0 aliphatic heterocycles. The molecule has 0 saturated carbocycles. The molecule has 1 aliphatic rings. The van der Waals surface area contributed by atoms with Crippen LogP contribution in [0.2, 0.25) is 0 Å². The fraction of sp³-hybridized carbons (Fsp3) is 0.304. The van der Waals surface area contributed by atoms with E-state index in [-0.39, 0.29) is 12.5 Å². The Morgan fingerprint density at radius 3 is 2.79 bits per heavy atom. The van der Waals surface area contributed by atoms with E-state index in [4.69, 9.17) is 4.74 Å². The number of nitrogens with zero attached hydrogens (tertiary/aromatic N) is 2. The zero-order valence-corrected chi connectivity index (χ0v) is 16.7. The first kappa shape index (κ1) is 19.2. The van der Waals surface area contributed by atoms with Crippen LogP contribution in [0.4, 0.5) is 5.69 Å². The largest absolute Gasteiger partial charge is 0.483 e. The van der Waals surface area contributed by atoms with Gasteiger partial charge in [-0.2, -0.15) is 5.10 Å². The highest BCUT2D eigenvalue weighted by Gasteiger charge is 2.21. The summed E-state index contributed by atoms with van der Waals surface area (Å²) in [5.41, 5.74) is 5.17. The number of aromatic nitrogens is 2. The third-order valence-corrected chi connectivity index (χ3v) is 5.35. The molecule has 1 aromatic heterocycles. The number of ether oxygens (including phenoxy) is 1. The van der Waals surface area contributed by atoms with Gasteiger partial charge in [0.2, 0.25) is 0 Å². The average Bonchev–Trinajstić information content (AvgIpc) is 3.01. The van der Waals surface area contributed by atoms with Crippen molar-refractivity contribution in [3.63, 3.8) is 0 Å². The number of carbonyl (C=O) groups is 1. The average molecular weight is 391 g/mol. The summed E-state index contributed by atoms with van der Waals surface area (Å²) in [4.78, 5) is 12.5. The Morgan fingerprint density at radius 1 is 1.21 bits per heavy atom. The molecule has 150 valence electrons. The second-order valence-electron chi connectivity index (χ2n) is 7.36. The standard InChI is InChI=1S/C23H25N3O3/c1-15-23(16(2)26(25-15)17-8-4-3-5-9-17)24-22(28)14-29-21-13-7-10-18-19(21)11-6-12-20(18)27/h3-5,7-10,13,20,27H,6,11-12,14H2,1-2H3,(H,24,28)/t20-/m0/s1. The minimum Gasteiger partial charge on any atom is -0.483 e. The lowest BCUT2D eigenvalue weighted by Gasteiger charge is -2.23. The number of aliphatic hydroxyl groups is 1. The molecule has 2 N–H and O–H groups in total. The molecular formula is C23H25N3O3. The molecule has 0 bridgehead atoms. The second kappa shape index (κ2) is 8.09. The summed E-state index contributed by atoms with van der Waals surface area (Å²) in [5.74, 6) is 0.433. The number of benzene rings is 2. The van der Waals surface area contributed by atoms with Crippen LogP contribution >= 0.6 is 0 Å². The highest BCUT2D eigenvalue weighted by atomic mass is 16.5. The van der Waals surface area contributed by atoms with Crippen molar-refractivity contribution in [2.24, 2.45) is 0 Å². The van der Waals surface area contributed by atoms with E-state index >= 15 is 0 Å². The van der Waals surface area contributed by atoms with Crippen LogP contribution in [0.15, 0.2) is 48.5 Å². The SMILES string of the molecule is Cc1nn(-c2ccccc2)c(C)c1NC(=O)COc1cccc2c1CCC[C@@H]2O. The van der Waals surface area contributed by atoms with Gasteiger partial charge in [0.1, 0.15) is 5.75 Å². The van der Waals surface area contributed by atoms with Gasteiger partial charge in [-0.3, -0.25) is 4.79 Å². The zero-order chi connectivity index (χ0) is 20.4. The molecule has 2 aromatic carbocycles. The van der Waals surface area contributed by atoms with Crippen molar-refractivity contribution in [1.29, 1.82) is 0 Å². The highest BCUT2D eigenvalue weighted by molar-refractivity contribution is 5.93. The molecule has 1 amide bonds. The minimum absolute atomic E-state index is 0.0953. The number of amides is 1. The van der Waals surface area contributed by atoms with Crippen molar-refractivity contribution in [2.75, 3.05) is 11.9 Å². The van der Waals surface area contributed by atoms with Crippen LogP contribution in [-0.4, -0.2) is 27.4 Å². The third kappa shape index (κ3) is 3.89. The Morgan fingerprint density at radius 2 is 2.00 bits per heavy atom. The molecule has 1 atom stereocenters. The maximum absolute atomic E-state index is 12.5. The summed E-state index contributed by atoms with van der Waals surface area (Å²) in [7, 11) is 0. The van der Waals surface area contributed by atoms with Gasteiger partial charge in [0.25, 0.3) is 5.91 Å². The molecule has 29 heavy (non-hydrogen) atoms. The molecule has 6 nitrogen and oxygen atoms in total. The van der Waals surface area contributed by atoms with Gasteiger partial charge in [-0.05, 0) is 62.4 Å². The summed E-state index contributed by atoms with van der Waals surface area (Å²) in [6.07, 6.45) is 2.08. The second-order valence-corrected chi connectivity index (χ2v) is 7.36. The monoisotopic (exact) mass is 391 g/mol. The fourth-order valence-corrected chi connectivity index (χ4v) is 3.89. The molecule has 0 unspecified atom stereocenters. The summed E-state index contributed by atoms with van der Waals surface area (Å²) >= 11 is 0. The van der Waals surface area contributed by atoms with Gasteiger partial charge in [0.15, 0.2) is 6.61 Å². The van der Waals surface area contributed by atoms with E-state index in [9.17, 15) is 9.90 Å². The molecule has 0 saturated heterocycles. The third-order valence-electron chi connectivity index (χ3n) is 5.35. The Kier molecular flexibility index (Phi) is 5.36. The van der Waals surface area contributed by atoms with Gasteiger partial charge in [-0.1, -0.05) is 30.3 Å². The Hall–Kier alpha value is -3.12. The Balaban J connectivity index is 1.46. The number of para-hydroxylation sites is 1. The number of carbonyl (C=O) groups excluding carboxylic acids is 1. The number of nitrogens with one attached hydrogen (secondary N) is 1. The Bertz CT molecular complexity index is 1030. The summed E-state index contributed by atoms with van der Waals surface area (Å²) in [6.45, 7) is 3.71. The van der Waals surface area contributed by atoms with E-state index < -0.39 is 6.10 Å². The molecule has 0 radical (unpaired) electrons. The fourth-order valence-electron chi connectivity index (χ4n) is 3.89. The number of aliphatic hydroxyl groups excluding tert-OH is 1. The van der Waals surface area contributed by atoms with Crippen LogP contribution in [0.3, 0.4) is 0 Å². The van der Waals surface area contributed by atoms with Crippen molar-refractivity contribution in [3.8, 4) is 11.4 Å². The maximum Gasteiger partial charge on any atom is 0.262 e. The molecule has 0 fully saturated rings. The van der Waals surface area contributed by atoms with E-state index in [1.807, 2.05) is 67.1 Å². The van der Waals surface area contributed by atoms with Gasteiger partial charge in [-0.15, -0.1) is 0 Å². The lowest BCUT2D eigenvalue weighted by Crippen LogP contribution is -2.22. The number of rotatable bonds is 5. The van der Waals surface area contributed by atoms with Gasteiger partial charge in [0.05, 0.1) is 28.9 Å². The van der Waals surface area contributed by atoms with Crippen molar-refractivity contribution in [1.82, 2.24) is 9.78 Å². The van der Waals surface area contributed by atoms with Crippen LogP contribution in [-0.2, 0) is 11.2 Å². The molecule has 6 heteroatoms. The van der Waals surface area contributed by atoms with E-state index in [1.165, 1.54) is 0 Å². The van der Waals surface area contributed by atoms with E-state index in [0.717, 1.165) is 47.5 Å². The lowest BCUT2D eigenvalue weighted by molar-refractivity contribution is -0.118. The minimum atomic E-state index is -0.453. The molecule has 0 spiro atoms. The van der Waals surface area contributed by atoms with Crippen LogP contribution < -0.4 is 10.1 Å². The number of hydrogen-bond acceptors (Lipinski definition) is 4. The van der Waals surface area contributed by atoms with E-state index in [0.29, 0.717) is 11.4 Å². The smallest absolute Gasteiger partial charge is 0.262 e. The van der Waals surface area contributed by atoms with Gasteiger partial charge >= 0.3 is 0 Å². The maximum atomic E-state index is 12.5. The lowest BCUT2D eigenvalue weighted by atomic mass is 9.89. The number of anilines is 1.